The van der Waals surface area contributed by atoms with Gasteiger partial charge in [0.1, 0.15) is 0 Å². The van der Waals surface area contributed by atoms with Crippen LogP contribution in [-0.4, -0.2) is 31.6 Å². The molecule has 0 N–H and O–H groups in total. The molecule has 2 atom stereocenters. The maximum atomic E-state index is 12.3. The highest BCUT2D eigenvalue weighted by atomic mass is 32.2. The predicted octanol–water partition coefficient (Wildman–Crippen LogP) is 1.27. The molecule has 3 rings (SSSR count). The van der Waals surface area contributed by atoms with E-state index in [1.54, 1.807) is 0 Å². The molecule has 0 amide bonds. The van der Waals surface area contributed by atoms with Crippen molar-refractivity contribution in [1.29, 1.82) is 0 Å². The lowest BCUT2D eigenvalue weighted by Crippen LogP contribution is -2.37. The van der Waals surface area contributed by atoms with Gasteiger partial charge in [-0.2, -0.15) is 4.31 Å². The molecule has 5 nitrogen and oxygen atoms in total. The molecule has 2 heterocycles. The minimum absolute atomic E-state index is 0.0490. The van der Waals surface area contributed by atoms with Gasteiger partial charge in [0, 0.05) is 12.6 Å². The Balaban J connectivity index is 1.93. The molecular formula is C11H13NO4S. The number of carbonyl (C=O) groups is 1. The molecule has 1 aromatic rings. The van der Waals surface area contributed by atoms with Crippen LogP contribution in [0.2, 0.25) is 0 Å². The fourth-order valence-corrected chi connectivity index (χ4v) is 4.49. The van der Waals surface area contributed by atoms with Crippen LogP contribution in [0.3, 0.4) is 0 Å². The second-order valence-corrected chi connectivity index (χ2v) is 6.50. The van der Waals surface area contributed by atoms with Crippen molar-refractivity contribution in [2.75, 3.05) is 6.54 Å². The van der Waals surface area contributed by atoms with Gasteiger partial charge in [-0.1, -0.05) is 0 Å². The maximum Gasteiger partial charge on any atom is 0.276 e. The van der Waals surface area contributed by atoms with E-state index in [4.69, 9.17) is 4.42 Å². The van der Waals surface area contributed by atoms with Crippen LogP contribution in [0.15, 0.2) is 21.6 Å². The number of aldehydes is 1. The van der Waals surface area contributed by atoms with Crippen molar-refractivity contribution >= 4 is 16.3 Å². The summed E-state index contributed by atoms with van der Waals surface area (Å²) >= 11 is 0. The third-order valence-electron chi connectivity index (χ3n) is 3.64. The van der Waals surface area contributed by atoms with E-state index in [9.17, 15) is 13.2 Å². The molecule has 0 aromatic carbocycles. The summed E-state index contributed by atoms with van der Waals surface area (Å²) in [6, 6.07) is 2.86. The Morgan fingerprint density at radius 2 is 2.18 bits per heavy atom. The first kappa shape index (κ1) is 11.0. The highest BCUT2D eigenvalue weighted by molar-refractivity contribution is 7.89. The summed E-state index contributed by atoms with van der Waals surface area (Å²) in [6.07, 6.45) is 3.52. The number of piperidine rings is 1. The normalized spacial score (nSPS) is 28.7. The summed E-state index contributed by atoms with van der Waals surface area (Å²) in [5, 5.41) is -0.118. The number of sulfonamides is 1. The minimum Gasteiger partial charge on any atom is -0.440 e. The molecule has 1 aliphatic carbocycles. The third-order valence-corrected chi connectivity index (χ3v) is 5.43. The molecule has 2 bridgehead atoms. The molecule has 92 valence electrons. The molecule has 2 unspecified atom stereocenters. The second-order valence-electron chi connectivity index (χ2n) is 4.68. The molecule has 1 aliphatic heterocycles. The van der Waals surface area contributed by atoms with E-state index in [-0.39, 0.29) is 16.9 Å². The fraction of sp³-hybridized carbons (Fsp3) is 0.545. The summed E-state index contributed by atoms with van der Waals surface area (Å²) in [6.45, 7) is 0.587. The molecule has 2 aliphatic rings. The number of furan rings is 1. The SMILES string of the molecule is O=Cc1ccc(S(=O)(=O)N2CC3CCC2C3)o1. The molecule has 0 spiro atoms. The van der Waals surface area contributed by atoms with Crippen molar-refractivity contribution in [3.63, 3.8) is 0 Å². The van der Waals surface area contributed by atoms with Crippen LogP contribution in [-0.2, 0) is 10.0 Å². The first-order valence-electron chi connectivity index (χ1n) is 5.68. The smallest absolute Gasteiger partial charge is 0.276 e. The van der Waals surface area contributed by atoms with Crippen molar-refractivity contribution in [2.45, 2.75) is 30.4 Å². The van der Waals surface area contributed by atoms with Crippen LogP contribution >= 0.6 is 0 Å². The van der Waals surface area contributed by atoms with Crippen molar-refractivity contribution in [1.82, 2.24) is 4.31 Å². The van der Waals surface area contributed by atoms with E-state index in [1.165, 1.54) is 16.4 Å². The second kappa shape index (κ2) is 3.68. The Labute approximate surface area is 99.5 Å². The van der Waals surface area contributed by atoms with E-state index in [2.05, 4.69) is 0 Å². The predicted molar refractivity (Wildman–Crippen MR) is 59.1 cm³/mol. The Kier molecular flexibility index (Phi) is 2.38. The van der Waals surface area contributed by atoms with Crippen LogP contribution in [0.5, 0.6) is 0 Å². The topological polar surface area (TPSA) is 67.6 Å². The lowest BCUT2D eigenvalue weighted by molar-refractivity contribution is 0.109. The van der Waals surface area contributed by atoms with Crippen molar-refractivity contribution in [3.05, 3.63) is 17.9 Å². The van der Waals surface area contributed by atoms with Crippen LogP contribution in [0.25, 0.3) is 0 Å². The van der Waals surface area contributed by atoms with E-state index >= 15 is 0 Å². The number of rotatable bonds is 3. The molecule has 2 fully saturated rings. The van der Waals surface area contributed by atoms with Gasteiger partial charge in [0.15, 0.2) is 12.0 Å². The number of carbonyl (C=O) groups excluding carboxylic acids is 1. The van der Waals surface area contributed by atoms with Crippen molar-refractivity contribution < 1.29 is 17.6 Å². The quantitative estimate of drug-likeness (QED) is 0.763. The van der Waals surface area contributed by atoms with Gasteiger partial charge >= 0.3 is 0 Å². The van der Waals surface area contributed by atoms with Gasteiger partial charge in [-0.15, -0.1) is 0 Å². The molecular weight excluding hydrogens is 242 g/mol. The molecule has 0 radical (unpaired) electrons. The van der Waals surface area contributed by atoms with E-state index < -0.39 is 10.0 Å². The first-order valence-corrected chi connectivity index (χ1v) is 7.12. The minimum atomic E-state index is -3.55. The van der Waals surface area contributed by atoms with Crippen molar-refractivity contribution in [3.8, 4) is 0 Å². The summed E-state index contributed by atoms with van der Waals surface area (Å²) < 4.78 is 31.1. The van der Waals surface area contributed by atoms with Crippen molar-refractivity contribution in [2.24, 2.45) is 5.92 Å². The zero-order valence-corrected chi connectivity index (χ0v) is 10.0. The Morgan fingerprint density at radius 1 is 1.35 bits per heavy atom. The summed E-state index contributed by atoms with van der Waals surface area (Å²) in [7, 11) is -3.55. The number of fused-ring (bicyclic) bond motifs is 2. The zero-order chi connectivity index (χ0) is 12.0. The standard InChI is InChI=1S/C11H13NO4S/c13-7-10-3-4-11(16-10)17(14,15)12-6-8-1-2-9(12)5-8/h3-4,7-9H,1-2,5-6H2. The molecule has 1 aromatic heterocycles. The zero-order valence-electron chi connectivity index (χ0n) is 9.20. The van der Waals surface area contributed by atoms with Crippen LogP contribution in [0, 0.1) is 5.92 Å². The number of hydrogen-bond acceptors (Lipinski definition) is 4. The monoisotopic (exact) mass is 255 g/mol. The highest BCUT2D eigenvalue weighted by Gasteiger charge is 2.45. The van der Waals surface area contributed by atoms with Gasteiger partial charge in [-0.05, 0) is 37.3 Å². The van der Waals surface area contributed by atoms with E-state index in [0.717, 1.165) is 19.3 Å². The van der Waals surface area contributed by atoms with Gasteiger partial charge in [0.2, 0.25) is 5.09 Å². The van der Waals surface area contributed by atoms with Crippen LogP contribution < -0.4 is 0 Å². The number of nitrogens with zero attached hydrogens (tertiary/aromatic N) is 1. The lowest BCUT2D eigenvalue weighted by Gasteiger charge is -2.24. The molecule has 17 heavy (non-hydrogen) atoms. The average Bonchev–Trinajstić information content (AvgIpc) is 3.04. The molecule has 1 saturated carbocycles. The largest absolute Gasteiger partial charge is 0.440 e. The average molecular weight is 255 g/mol. The van der Waals surface area contributed by atoms with E-state index in [0.29, 0.717) is 18.7 Å². The first-order chi connectivity index (χ1) is 8.11. The van der Waals surface area contributed by atoms with Gasteiger partial charge < -0.3 is 4.42 Å². The van der Waals surface area contributed by atoms with Gasteiger partial charge in [-0.3, -0.25) is 4.79 Å². The van der Waals surface area contributed by atoms with Gasteiger partial charge in [0.25, 0.3) is 10.0 Å². The molecule has 1 saturated heterocycles. The summed E-state index contributed by atoms with van der Waals surface area (Å²) in [5.41, 5.74) is 0. The molecule has 6 heteroatoms. The van der Waals surface area contributed by atoms with Crippen LogP contribution in [0.4, 0.5) is 0 Å². The third kappa shape index (κ3) is 1.63. The van der Waals surface area contributed by atoms with Crippen LogP contribution in [0.1, 0.15) is 29.8 Å². The lowest BCUT2D eigenvalue weighted by atomic mass is 10.1. The summed E-state index contributed by atoms with van der Waals surface area (Å²) in [4.78, 5) is 10.5. The highest BCUT2D eigenvalue weighted by Crippen LogP contribution is 2.40. The number of hydrogen-bond donors (Lipinski definition) is 0. The fourth-order valence-electron chi connectivity index (χ4n) is 2.83. The van der Waals surface area contributed by atoms with Gasteiger partial charge in [0.05, 0.1) is 0 Å². The van der Waals surface area contributed by atoms with Gasteiger partial charge in [-0.25, -0.2) is 8.42 Å². The Morgan fingerprint density at radius 3 is 2.71 bits per heavy atom. The Hall–Kier alpha value is -1.14. The summed E-state index contributed by atoms with van der Waals surface area (Å²) in [5.74, 6) is 0.545. The van der Waals surface area contributed by atoms with E-state index in [1.807, 2.05) is 0 Å². The Bertz CT molecular complexity index is 548. The maximum absolute atomic E-state index is 12.3.